The smallest absolute Gasteiger partial charge is 0.227 e. The van der Waals surface area contributed by atoms with Crippen LogP contribution in [-0.2, 0) is 4.79 Å². The minimum atomic E-state index is -0.0941. The molecule has 6 heteroatoms. The Kier molecular flexibility index (Phi) is 5.11. The van der Waals surface area contributed by atoms with E-state index in [4.69, 9.17) is 11.6 Å². The molecular formula is C15H17ClN4O. The van der Waals surface area contributed by atoms with E-state index in [2.05, 4.69) is 20.6 Å². The SMILES string of the molecule is Cc1cc(C)nc(Nc2ccc(NC(=O)CCCl)cc2)n1. The Labute approximate surface area is 128 Å². The van der Waals surface area contributed by atoms with Crippen molar-refractivity contribution >= 4 is 34.8 Å². The third kappa shape index (κ3) is 4.72. The zero-order valence-electron chi connectivity index (χ0n) is 12.0. The van der Waals surface area contributed by atoms with Crippen LogP contribution in [0.25, 0.3) is 0 Å². The normalized spacial score (nSPS) is 10.2. The van der Waals surface area contributed by atoms with Crippen molar-refractivity contribution in [1.82, 2.24) is 9.97 Å². The maximum atomic E-state index is 11.4. The summed E-state index contributed by atoms with van der Waals surface area (Å²) in [6.07, 6.45) is 0.304. The highest BCUT2D eigenvalue weighted by molar-refractivity contribution is 6.19. The Morgan fingerprint density at radius 2 is 1.67 bits per heavy atom. The standard InChI is InChI=1S/C15H17ClN4O/c1-10-9-11(2)18-15(17-10)20-13-5-3-12(4-6-13)19-14(21)7-8-16/h3-6,9H,7-8H2,1-2H3,(H,19,21)(H,17,18,20). The average molecular weight is 305 g/mol. The number of nitrogens with zero attached hydrogens (tertiary/aromatic N) is 2. The van der Waals surface area contributed by atoms with Gasteiger partial charge in [-0.25, -0.2) is 9.97 Å². The van der Waals surface area contributed by atoms with Crippen LogP contribution in [-0.4, -0.2) is 21.8 Å². The molecule has 0 unspecified atom stereocenters. The fourth-order valence-electron chi connectivity index (χ4n) is 1.86. The lowest BCUT2D eigenvalue weighted by atomic mass is 10.2. The van der Waals surface area contributed by atoms with Gasteiger partial charge in [-0.1, -0.05) is 0 Å². The van der Waals surface area contributed by atoms with Gasteiger partial charge < -0.3 is 10.6 Å². The Bertz CT molecular complexity index is 608. The predicted molar refractivity (Wildman–Crippen MR) is 85.2 cm³/mol. The Morgan fingerprint density at radius 3 is 2.24 bits per heavy atom. The molecule has 0 radical (unpaired) electrons. The molecule has 0 atom stereocenters. The Morgan fingerprint density at radius 1 is 1.10 bits per heavy atom. The van der Waals surface area contributed by atoms with Gasteiger partial charge in [0.15, 0.2) is 0 Å². The highest BCUT2D eigenvalue weighted by Gasteiger charge is 2.03. The van der Waals surface area contributed by atoms with Gasteiger partial charge in [0.05, 0.1) is 0 Å². The van der Waals surface area contributed by atoms with Crippen molar-refractivity contribution in [1.29, 1.82) is 0 Å². The van der Waals surface area contributed by atoms with E-state index >= 15 is 0 Å². The number of aryl methyl sites for hydroxylation is 2. The molecule has 1 heterocycles. The van der Waals surface area contributed by atoms with Crippen LogP contribution < -0.4 is 10.6 Å². The van der Waals surface area contributed by atoms with Crippen LogP contribution in [0.1, 0.15) is 17.8 Å². The highest BCUT2D eigenvalue weighted by atomic mass is 35.5. The van der Waals surface area contributed by atoms with E-state index in [0.717, 1.165) is 22.8 Å². The molecule has 2 N–H and O–H groups in total. The quantitative estimate of drug-likeness (QED) is 0.831. The van der Waals surface area contributed by atoms with E-state index in [-0.39, 0.29) is 5.91 Å². The molecular weight excluding hydrogens is 288 g/mol. The van der Waals surface area contributed by atoms with Gasteiger partial charge in [-0.15, -0.1) is 11.6 Å². The summed E-state index contributed by atoms with van der Waals surface area (Å²) in [5.41, 5.74) is 3.41. The van der Waals surface area contributed by atoms with Crippen LogP contribution in [0.5, 0.6) is 0 Å². The minimum Gasteiger partial charge on any atom is -0.326 e. The molecule has 0 bridgehead atoms. The van der Waals surface area contributed by atoms with Gasteiger partial charge >= 0.3 is 0 Å². The first-order valence-electron chi connectivity index (χ1n) is 6.62. The number of aromatic nitrogens is 2. The van der Waals surface area contributed by atoms with E-state index in [0.29, 0.717) is 18.2 Å². The first-order chi connectivity index (χ1) is 10.1. The fraction of sp³-hybridized carbons (Fsp3) is 0.267. The predicted octanol–water partition coefficient (Wildman–Crippen LogP) is 3.40. The molecule has 0 saturated heterocycles. The highest BCUT2D eigenvalue weighted by Crippen LogP contribution is 2.17. The number of anilines is 3. The van der Waals surface area contributed by atoms with Crippen LogP contribution in [0, 0.1) is 13.8 Å². The van der Waals surface area contributed by atoms with Gasteiger partial charge in [-0.3, -0.25) is 4.79 Å². The topological polar surface area (TPSA) is 66.9 Å². The summed E-state index contributed by atoms with van der Waals surface area (Å²) < 4.78 is 0. The summed E-state index contributed by atoms with van der Waals surface area (Å²) in [6, 6.07) is 9.27. The van der Waals surface area contributed by atoms with Crippen molar-refractivity contribution in [3.8, 4) is 0 Å². The van der Waals surface area contributed by atoms with Gasteiger partial charge in [0.2, 0.25) is 11.9 Å². The summed E-state index contributed by atoms with van der Waals surface area (Å²) in [4.78, 5) is 20.1. The molecule has 110 valence electrons. The number of rotatable bonds is 5. The van der Waals surface area contributed by atoms with Crippen molar-refractivity contribution < 1.29 is 4.79 Å². The van der Waals surface area contributed by atoms with E-state index in [9.17, 15) is 4.79 Å². The Balaban J connectivity index is 2.03. The fourth-order valence-corrected chi connectivity index (χ4v) is 2.03. The summed E-state index contributed by atoms with van der Waals surface area (Å²) >= 11 is 5.52. The zero-order valence-corrected chi connectivity index (χ0v) is 12.7. The molecule has 5 nitrogen and oxygen atoms in total. The van der Waals surface area contributed by atoms with E-state index in [1.165, 1.54) is 0 Å². The second-order valence-corrected chi connectivity index (χ2v) is 5.04. The number of hydrogen-bond acceptors (Lipinski definition) is 4. The molecule has 1 aromatic heterocycles. The largest absolute Gasteiger partial charge is 0.326 e. The molecule has 0 aliphatic rings. The molecule has 2 rings (SSSR count). The van der Waals surface area contributed by atoms with Gasteiger partial charge in [-0.05, 0) is 44.2 Å². The molecule has 0 aliphatic carbocycles. The summed E-state index contributed by atoms with van der Waals surface area (Å²) in [6.45, 7) is 3.85. The van der Waals surface area contributed by atoms with Gasteiger partial charge in [0, 0.05) is 35.1 Å². The monoisotopic (exact) mass is 304 g/mol. The number of alkyl halides is 1. The molecule has 1 amide bonds. The van der Waals surface area contributed by atoms with Crippen molar-refractivity contribution in [3.63, 3.8) is 0 Å². The van der Waals surface area contributed by atoms with Crippen LogP contribution in [0.3, 0.4) is 0 Å². The summed E-state index contributed by atoms with van der Waals surface area (Å²) in [5.74, 6) is 0.782. The molecule has 21 heavy (non-hydrogen) atoms. The average Bonchev–Trinajstić information content (AvgIpc) is 2.40. The number of nitrogens with one attached hydrogen (secondary N) is 2. The minimum absolute atomic E-state index is 0.0941. The van der Waals surface area contributed by atoms with Crippen molar-refractivity contribution in [3.05, 3.63) is 41.7 Å². The molecule has 2 aromatic rings. The Hall–Kier alpha value is -2.14. The number of amides is 1. The van der Waals surface area contributed by atoms with Crippen molar-refractivity contribution in [2.24, 2.45) is 0 Å². The van der Waals surface area contributed by atoms with E-state index < -0.39 is 0 Å². The van der Waals surface area contributed by atoms with Gasteiger partial charge in [0.25, 0.3) is 0 Å². The lowest BCUT2D eigenvalue weighted by Gasteiger charge is -2.08. The van der Waals surface area contributed by atoms with Crippen LogP contribution in [0.4, 0.5) is 17.3 Å². The summed E-state index contributed by atoms with van der Waals surface area (Å²) in [5, 5.41) is 5.90. The lowest BCUT2D eigenvalue weighted by molar-refractivity contribution is -0.115. The van der Waals surface area contributed by atoms with Crippen LogP contribution in [0.15, 0.2) is 30.3 Å². The maximum absolute atomic E-state index is 11.4. The molecule has 0 aliphatic heterocycles. The van der Waals surface area contributed by atoms with Crippen molar-refractivity contribution in [2.45, 2.75) is 20.3 Å². The number of carbonyl (C=O) groups excluding carboxylic acids is 1. The molecule has 0 spiro atoms. The lowest BCUT2D eigenvalue weighted by Crippen LogP contribution is -2.11. The zero-order chi connectivity index (χ0) is 15.2. The van der Waals surface area contributed by atoms with E-state index in [1.54, 1.807) is 0 Å². The van der Waals surface area contributed by atoms with Crippen LogP contribution >= 0.6 is 11.6 Å². The maximum Gasteiger partial charge on any atom is 0.227 e. The van der Waals surface area contributed by atoms with Gasteiger partial charge in [0.1, 0.15) is 0 Å². The number of hydrogen-bond donors (Lipinski definition) is 2. The number of benzene rings is 1. The first-order valence-corrected chi connectivity index (χ1v) is 7.15. The second kappa shape index (κ2) is 7.04. The number of halogens is 1. The summed E-state index contributed by atoms with van der Waals surface area (Å²) in [7, 11) is 0. The third-order valence-corrected chi connectivity index (χ3v) is 2.92. The van der Waals surface area contributed by atoms with E-state index in [1.807, 2.05) is 44.2 Å². The molecule has 1 aromatic carbocycles. The second-order valence-electron chi connectivity index (χ2n) is 4.66. The molecule has 0 fully saturated rings. The number of carbonyl (C=O) groups is 1. The van der Waals surface area contributed by atoms with Crippen molar-refractivity contribution in [2.75, 3.05) is 16.5 Å². The molecule has 0 saturated carbocycles. The first kappa shape index (κ1) is 15.3. The van der Waals surface area contributed by atoms with Crippen LogP contribution in [0.2, 0.25) is 0 Å². The third-order valence-electron chi connectivity index (χ3n) is 2.73. The van der Waals surface area contributed by atoms with Gasteiger partial charge in [-0.2, -0.15) is 0 Å².